The van der Waals surface area contributed by atoms with Crippen LogP contribution in [0.2, 0.25) is 5.02 Å². The van der Waals surface area contributed by atoms with Crippen LogP contribution in [0.3, 0.4) is 0 Å². The number of nitrogens with zero attached hydrogens (tertiary/aromatic N) is 2. The molecule has 0 spiro atoms. The number of ether oxygens (including phenoxy) is 1. The molecule has 36 heavy (non-hydrogen) atoms. The zero-order valence-electron chi connectivity index (χ0n) is 19.4. The summed E-state index contributed by atoms with van der Waals surface area (Å²) in [6.07, 6.45) is 2.16. The molecular formula is C28H22ClN3O4. The number of hydrogen-bond acceptors (Lipinski definition) is 5. The van der Waals surface area contributed by atoms with Gasteiger partial charge in [0.25, 0.3) is 5.56 Å². The summed E-state index contributed by atoms with van der Waals surface area (Å²) >= 11 is 6.04. The fourth-order valence-corrected chi connectivity index (χ4v) is 4.29. The number of fused-ring (bicyclic) bond motifs is 1. The molecule has 3 aromatic carbocycles. The maximum Gasteiger partial charge on any atom is 0.335 e. The summed E-state index contributed by atoms with van der Waals surface area (Å²) in [5, 5.41) is 11.2. The number of benzene rings is 3. The van der Waals surface area contributed by atoms with Crippen molar-refractivity contribution >= 4 is 23.4 Å². The van der Waals surface area contributed by atoms with Crippen LogP contribution >= 0.6 is 11.6 Å². The number of aromatic hydroxyl groups is 1. The van der Waals surface area contributed by atoms with Crippen molar-refractivity contribution in [3.8, 4) is 28.4 Å². The standard InChI is InChI=1S/C28H22ClN3O4/c1-2-15-31-23-16-19(18-7-4-3-5-8-18)11-13-24(23)36-25(31)14-12-22-26(33)30-28(35)32(27(22)34)21-10-6-9-20(29)17-21/h3-13,16-17,34H,2,15H2,1H3,(H,30,33,35). The molecule has 0 bridgehead atoms. The van der Waals surface area contributed by atoms with E-state index in [4.69, 9.17) is 16.3 Å². The molecule has 1 aromatic heterocycles. The maximum atomic E-state index is 12.6. The van der Waals surface area contributed by atoms with Crippen LogP contribution in [0.4, 0.5) is 5.69 Å². The zero-order chi connectivity index (χ0) is 25.2. The number of aromatic nitrogens is 2. The molecule has 0 atom stereocenters. The minimum Gasteiger partial charge on any atom is -0.494 e. The van der Waals surface area contributed by atoms with Gasteiger partial charge >= 0.3 is 5.69 Å². The normalized spacial score (nSPS) is 12.2. The van der Waals surface area contributed by atoms with E-state index in [1.54, 1.807) is 18.2 Å². The Morgan fingerprint density at radius 2 is 1.83 bits per heavy atom. The van der Waals surface area contributed by atoms with E-state index >= 15 is 0 Å². The second-order valence-corrected chi connectivity index (χ2v) is 8.64. The second-order valence-electron chi connectivity index (χ2n) is 8.21. The van der Waals surface area contributed by atoms with Crippen molar-refractivity contribution in [2.24, 2.45) is 0 Å². The van der Waals surface area contributed by atoms with Crippen molar-refractivity contribution in [3.63, 3.8) is 0 Å². The highest BCUT2D eigenvalue weighted by molar-refractivity contribution is 6.30. The molecule has 5 rings (SSSR count). The smallest absolute Gasteiger partial charge is 0.335 e. The molecule has 1 aliphatic heterocycles. The Morgan fingerprint density at radius 1 is 1.03 bits per heavy atom. The Labute approximate surface area is 211 Å². The van der Waals surface area contributed by atoms with Gasteiger partial charge in [0.15, 0.2) is 5.75 Å². The third kappa shape index (κ3) is 4.33. The topological polar surface area (TPSA) is 87.6 Å². The van der Waals surface area contributed by atoms with Gasteiger partial charge in [-0.1, -0.05) is 66.7 Å². The molecule has 7 nitrogen and oxygen atoms in total. The first-order chi connectivity index (χ1) is 17.5. The third-order valence-corrected chi connectivity index (χ3v) is 6.02. The van der Waals surface area contributed by atoms with Gasteiger partial charge in [-0.05, 0) is 47.9 Å². The number of nitrogens with one attached hydrogen (secondary N) is 1. The number of aromatic amines is 1. The van der Waals surface area contributed by atoms with Crippen LogP contribution < -0.4 is 20.9 Å². The minimum atomic E-state index is -0.782. The van der Waals surface area contributed by atoms with Crippen molar-refractivity contribution in [3.05, 3.63) is 116 Å². The van der Waals surface area contributed by atoms with Crippen LogP contribution in [0.15, 0.2) is 94.0 Å². The van der Waals surface area contributed by atoms with E-state index in [9.17, 15) is 14.7 Å². The van der Waals surface area contributed by atoms with E-state index in [1.165, 1.54) is 12.1 Å². The summed E-state index contributed by atoms with van der Waals surface area (Å²) < 4.78 is 7.02. The number of anilines is 1. The van der Waals surface area contributed by atoms with Crippen molar-refractivity contribution in [1.29, 1.82) is 0 Å². The van der Waals surface area contributed by atoms with Crippen LogP contribution in [0.25, 0.3) is 22.9 Å². The molecule has 0 saturated heterocycles. The first-order valence-electron chi connectivity index (χ1n) is 11.4. The van der Waals surface area contributed by atoms with Gasteiger partial charge in [-0.15, -0.1) is 0 Å². The molecule has 1 aliphatic rings. The minimum absolute atomic E-state index is 0.136. The zero-order valence-corrected chi connectivity index (χ0v) is 20.1. The summed E-state index contributed by atoms with van der Waals surface area (Å²) in [5.74, 6) is 0.528. The van der Waals surface area contributed by atoms with Crippen molar-refractivity contribution in [1.82, 2.24) is 9.55 Å². The molecule has 180 valence electrons. The van der Waals surface area contributed by atoms with Gasteiger partial charge in [-0.25, -0.2) is 9.36 Å². The van der Waals surface area contributed by atoms with Crippen molar-refractivity contribution in [2.75, 3.05) is 11.4 Å². The maximum absolute atomic E-state index is 12.6. The highest BCUT2D eigenvalue weighted by Gasteiger charge is 2.26. The summed E-state index contributed by atoms with van der Waals surface area (Å²) in [6, 6.07) is 22.4. The van der Waals surface area contributed by atoms with Crippen LogP contribution in [-0.2, 0) is 0 Å². The van der Waals surface area contributed by atoms with Crippen molar-refractivity contribution in [2.45, 2.75) is 13.3 Å². The molecule has 0 fully saturated rings. The Bertz CT molecular complexity index is 1630. The molecule has 4 aromatic rings. The van der Waals surface area contributed by atoms with Gasteiger partial charge in [-0.2, -0.15) is 0 Å². The van der Waals surface area contributed by atoms with Gasteiger partial charge < -0.3 is 14.7 Å². The molecule has 0 aliphatic carbocycles. The Hall–Kier alpha value is -4.45. The van der Waals surface area contributed by atoms with E-state index in [2.05, 4.69) is 23.7 Å². The van der Waals surface area contributed by atoms with Crippen LogP contribution in [0.5, 0.6) is 11.6 Å². The van der Waals surface area contributed by atoms with E-state index in [0.717, 1.165) is 27.8 Å². The van der Waals surface area contributed by atoms with E-state index in [-0.39, 0.29) is 5.56 Å². The average Bonchev–Trinajstić information content (AvgIpc) is 3.21. The van der Waals surface area contributed by atoms with Crippen LogP contribution in [0.1, 0.15) is 18.9 Å². The Morgan fingerprint density at radius 3 is 2.58 bits per heavy atom. The predicted octanol–water partition coefficient (Wildman–Crippen LogP) is 5.31. The average molecular weight is 500 g/mol. The fraction of sp³-hybridized carbons (Fsp3) is 0.107. The number of rotatable bonds is 5. The summed E-state index contributed by atoms with van der Waals surface area (Å²) in [4.78, 5) is 29.2. The number of hydrogen-bond donors (Lipinski definition) is 2. The summed E-state index contributed by atoms with van der Waals surface area (Å²) in [6.45, 7) is 2.71. The second kappa shape index (κ2) is 9.66. The first-order valence-corrected chi connectivity index (χ1v) is 11.8. The first kappa shape index (κ1) is 23.3. The largest absolute Gasteiger partial charge is 0.494 e. The summed E-state index contributed by atoms with van der Waals surface area (Å²) in [7, 11) is 0. The molecule has 0 unspecified atom stereocenters. The predicted molar refractivity (Wildman–Crippen MR) is 141 cm³/mol. The lowest BCUT2D eigenvalue weighted by Gasteiger charge is -2.16. The molecular weight excluding hydrogens is 478 g/mol. The summed E-state index contributed by atoms with van der Waals surface area (Å²) in [5.41, 5.74) is 4.68. The highest BCUT2D eigenvalue weighted by Crippen LogP contribution is 2.41. The van der Waals surface area contributed by atoms with Gasteiger partial charge in [0.1, 0.15) is 5.56 Å². The SMILES string of the molecule is CCCN1C(=C=Cc2c(O)n(-c3cccc(Cl)c3)c(=O)[nH]c2=O)Oc2ccc(-c3ccccc3)cc21. The van der Waals surface area contributed by atoms with E-state index in [0.29, 0.717) is 28.9 Å². The highest BCUT2D eigenvalue weighted by atomic mass is 35.5. The monoisotopic (exact) mass is 499 g/mol. The molecule has 0 amide bonds. The lowest BCUT2D eigenvalue weighted by atomic mass is 10.0. The number of H-pyrrole nitrogens is 1. The third-order valence-electron chi connectivity index (χ3n) is 5.78. The van der Waals surface area contributed by atoms with Gasteiger partial charge in [-0.3, -0.25) is 9.78 Å². The van der Waals surface area contributed by atoms with E-state index in [1.807, 2.05) is 47.4 Å². The van der Waals surface area contributed by atoms with Gasteiger partial charge in [0.2, 0.25) is 11.8 Å². The van der Waals surface area contributed by atoms with Crippen molar-refractivity contribution < 1.29 is 9.84 Å². The Balaban J connectivity index is 1.59. The lowest BCUT2D eigenvalue weighted by molar-refractivity contribution is 0.429. The molecule has 2 N–H and O–H groups in total. The molecule has 8 heteroatoms. The van der Waals surface area contributed by atoms with Gasteiger partial charge in [0, 0.05) is 17.6 Å². The molecule has 0 saturated carbocycles. The van der Waals surface area contributed by atoms with Gasteiger partial charge in [0.05, 0.1) is 11.4 Å². The van der Waals surface area contributed by atoms with Crippen LogP contribution in [-0.4, -0.2) is 21.2 Å². The van der Waals surface area contributed by atoms with E-state index < -0.39 is 17.1 Å². The lowest BCUT2D eigenvalue weighted by Crippen LogP contribution is -2.30. The Kier molecular flexibility index (Phi) is 6.25. The fourth-order valence-electron chi connectivity index (χ4n) is 4.10. The molecule has 2 heterocycles. The number of halogens is 1. The molecule has 0 radical (unpaired) electrons. The quantitative estimate of drug-likeness (QED) is 0.363. The van der Waals surface area contributed by atoms with Crippen LogP contribution in [0, 0.1) is 0 Å².